The lowest BCUT2D eigenvalue weighted by Crippen LogP contribution is -2.49. The van der Waals surface area contributed by atoms with Crippen molar-refractivity contribution in [2.45, 2.75) is 31.7 Å². The molecule has 0 bridgehead atoms. The third-order valence-corrected chi connectivity index (χ3v) is 4.55. The highest BCUT2D eigenvalue weighted by Crippen LogP contribution is 2.31. The Bertz CT molecular complexity index is 603. The summed E-state index contributed by atoms with van der Waals surface area (Å²) in [7, 11) is 0. The fourth-order valence-corrected chi connectivity index (χ4v) is 3.35. The fourth-order valence-electron chi connectivity index (χ4n) is 3.35. The Morgan fingerprint density at radius 3 is 2.95 bits per heavy atom. The van der Waals surface area contributed by atoms with Crippen molar-refractivity contribution in [2.75, 3.05) is 6.54 Å². The Kier molecular flexibility index (Phi) is 3.53. The molecule has 21 heavy (non-hydrogen) atoms. The second-order valence-electron chi connectivity index (χ2n) is 5.75. The molecule has 1 fully saturated rings. The third-order valence-electron chi connectivity index (χ3n) is 4.55. The minimum Gasteiger partial charge on any atom is -0.409 e. The van der Waals surface area contributed by atoms with Crippen LogP contribution in [-0.2, 0) is 6.42 Å². The van der Waals surface area contributed by atoms with Gasteiger partial charge in [-0.15, -0.1) is 0 Å². The summed E-state index contributed by atoms with van der Waals surface area (Å²) in [5, 5.41) is 11.9. The van der Waals surface area contributed by atoms with Crippen LogP contribution in [-0.4, -0.2) is 34.4 Å². The van der Waals surface area contributed by atoms with Gasteiger partial charge < -0.3 is 15.8 Å². The number of carbonyl (C=O) groups excluding carboxylic acids is 1. The zero-order valence-electron chi connectivity index (χ0n) is 11.6. The number of oxime groups is 1. The van der Waals surface area contributed by atoms with Gasteiger partial charge in [0.2, 0.25) is 0 Å². The predicted molar refractivity (Wildman–Crippen MR) is 75.7 cm³/mol. The van der Waals surface area contributed by atoms with Crippen molar-refractivity contribution in [3.63, 3.8) is 0 Å². The molecule has 112 valence electrons. The van der Waals surface area contributed by atoms with E-state index in [2.05, 4.69) is 5.16 Å². The molecule has 2 aliphatic heterocycles. The van der Waals surface area contributed by atoms with Crippen LogP contribution in [0.2, 0.25) is 0 Å². The van der Waals surface area contributed by atoms with Gasteiger partial charge in [-0.1, -0.05) is 5.16 Å². The zero-order valence-corrected chi connectivity index (χ0v) is 11.6. The lowest BCUT2D eigenvalue weighted by Gasteiger charge is -2.38. The van der Waals surface area contributed by atoms with E-state index in [1.54, 1.807) is 11.0 Å². The molecule has 1 saturated heterocycles. The van der Waals surface area contributed by atoms with Crippen molar-refractivity contribution in [1.29, 1.82) is 0 Å². The average molecular weight is 291 g/mol. The molecular formula is C15H18FN3O2. The molecule has 6 heteroatoms. The number of amides is 1. The number of rotatable bonds is 1. The maximum atomic E-state index is 13.4. The van der Waals surface area contributed by atoms with E-state index in [0.717, 1.165) is 24.8 Å². The number of amidine groups is 1. The van der Waals surface area contributed by atoms with Crippen molar-refractivity contribution in [2.24, 2.45) is 16.8 Å². The summed E-state index contributed by atoms with van der Waals surface area (Å²) in [6.45, 7) is 0.455. The van der Waals surface area contributed by atoms with E-state index < -0.39 is 0 Å². The summed E-state index contributed by atoms with van der Waals surface area (Å²) in [5.74, 6) is -0.332. The molecule has 0 saturated carbocycles. The largest absolute Gasteiger partial charge is 0.409 e. The van der Waals surface area contributed by atoms with Crippen LogP contribution in [0.5, 0.6) is 0 Å². The number of nitrogens with zero attached hydrogens (tertiary/aromatic N) is 2. The molecular weight excluding hydrogens is 273 g/mol. The van der Waals surface area contributed by atoms with Gasteiger partial charge in [0.15, 0.2) is 0 Å². The van der Waals surface area contributed by atoms with Gasteiger partial charge in [0.1, 0.15) is 11.7 Å². The third kappa shape index (κ3) is 2.46. The Morgan fingerprint density at radius 2 is 2.19 bits per heavy atom. The first-order valence-electron chi connectivity index (χ1n) is 7.17. The number of fused-ring (bicyclic) bond motifs is 2. The van der Waals surface area contributed by atoms with Crippen LogP contribution in [0.1, 0.15) is 35.2 Å². The first kappa shape index (κ1) is 13.9. The normalized spacial score (nSPS) is 26.0. The summed E-state index contributed by atoms with van der Waals surface area (Å²) in [6.07, 6.45) is 3.15. The Balaban J connectivity index is 1.91. The minimum atomic E-state index is -0.309. The van der Waals surface area contributed by atoms with Crippen molar-refractivity contribution in [3.05, 3.63) is 35.1 Å². The quantitative estimate of drug-likeness (QED) is 0.358. The number of benzene rings is 1. The minimum absolute atomic E-state index is 0.0806. The molecule has 1 aromatic rings. The maximum absolute atomic E-state index is 13.4. The number of halogens is 1. The molecule has 1 amide bonds. The molecule has 2 atom stereocenters. The lowest BCUT2D eigenvalue weighted by atomic mass is 9.90. The van der Waals surface area contributed by atoms with E-state index in [4.69, 9.17) is 10.9 Å². The highest BCUT2D eigenvalue weighted by atomic mass is 19.1. The monoisotopic (exact) mass is 291 g/mol. The first-order valence-corrected chi connectivity index (χ1v) is 7.17. The first-order chi connectivity index (χ1) is 10.1. The van der Waals surface area contributed by atoms with Crippen LogP contribution in [0, 0.1) is 11.7 Å². The zero-order chi connectivity index (χ0) is 15.0. The lowest BCUT2D eigenvalue weighted by molar-refractivity contribution is 0.0578. The van der Waals surface area contributed by atoms with E-state index in [1.807, 2.05) is 0 Å². The van der Waals surface area contributed by atoms with Crippen LogP contribution in [0.25, 0.3) is 0 Å². The van der Waals surface area contributed by atoms with Crippen LogP contribution < -0.4 is 5.73 Å². The second-order valence-corrected chi connectivity index (χ2v) is 5.75. The van der Waals surface area contributed by atoms with Gasteiger partial charge in [0.25, 0.3) is 5.91 Å². The molecule has 2 aliphatic rings. The van der Waals surface area contributed by atoms with Crippen molar-refractivity contribution < 1.29 is 14.4 Å². The van der Waals surface area contributed by atoms with E-state index >= 15 is 0 Å². The smallest absolute Gasteiger partial charge is 0.254 e. The second kappa shape index (κ2) is 5.35. The Labute approximate surface area is 122 Å². The van der Waals surface area contributed by atoms with Crippen LogP contribution in [0.3, 0.4) is 0 Å². The van der Waals surface area contributed by atoms with Gasteiger partial charge in [-0.3, -0.25) is 4.79 Å². The van der Waals surface area contributed by atoms with Gasteiger partial charge in [-0.05, 0) is 49.4 Å². The standard InChI is InChI=1S/C15H18FN3O2/c16-11-3-6-13-9(7-11)1-4-12-5-2-10(14(17)18-21)8-19(12)15(13)20/h3,6-7,10,12,21H,1-2,4-5,8H2,(H2,17,18). The molecule has 0 aliphatic carbocycles. The number of hydrogen-bond donors (Lipinski definition) is 2. The number of aryl methyl sites for hydroxylation is 1. The van der Waals surface area contributed by atoms with Crippen LogP contribution >= 0.6 is 0 Å². The SMILES string of the molecule is N/C(=N\O)C1CCC2CCc3cc(F)ccc3C(=O)N2C1. The van der Waals surface area contributed by atoms with E-state index in [9.17, 15) is 9.18 Å². The van der Waals surface area contributed by atoms with Gasteiger partial charge in [-0.25, -0.2) is 4.39 Å². The van der Waals surface area contributed by atoms with Gasteiger partial charge in [0, 0.05) is 24.1 Å². The van der Waals surface area contributed by atoms with Crippen molar-refractivity contribution >= 4 is 11.7 Å². The molecule has 0 radical (unpaired) electrons. The van der Waals surface area contributed by atoms with Gasteiger partial charge in [-0.2, -0.15) is 0 Å². The van der Waals surface area contributed by atoms with Gasteiger partial charge in [0.05, 0.1) is 0 Å². The molecule has 1 aromatic carbocycles. The summed E-state index contributed by atoms with van der Waals surface area (Å²) >= 11 is 0. The Morgan fingerprint density at radius 1 is 1.38 bits per heavy atom. The van der Waals surface area contributed by atoms with Crippen LogP contribution in [0.4, 0.5) is 4.39 Å². The van der Waals surface area contributed by atoms with Crippen molar-refractivity contribution in [3.8, 4) is 0 Å². The molecule has 0 spiro atoms. The molecule has 0 aromatic heterocycles. The van der Waals surface area contributed by atoms with Crippen LogP contribution in [0.15, 0.2) is 23.4 Å². The van der Waals surface area contributed by atoms with Crippen molar-refractivity contribution in [1.82, 2.24) is 4.90 Å². The average Bonchev–Trinajstić information content (AvgIpc) is 2.63. The molecule has 2 unspecified atom stereocenters. The predicted octanol–water partition coefficient (Wildman–Crippen LogP) is 1.74. The number of nitrogens with two attached hydrogens (primary N) is 1. The summed E-state index contributed by atoms with van der Waals surface area (Å²) in [4.78, 5) is 14.5. The van der Waals surface area contributed by atoms with Gasteiger partial charge >= 0.3 is 0 Å². The Hall–Kier alpha value is -2.11. The molecule has 3 rings (SSSR count). The highest BCUT2D eigenvalue weighted by Gasteiger charge is 2.36. The summed E-state index contributed by atoms with van der Waals surface area (Å²) in [6, 6.07) is 4.48. The van der Waals surface area contributed by atoms with E-state index in [1.165, 1.54) is 12.1 Å². The summed E-state index contributed by atoms with van der Waals surface area (Å²) in [5.41, 5.74) is 7.02. The highest BCUT2D eigenvalue weighted by molar-refractivity contribution is 5.97. The topological polar surface area (TPSA) is 78.9 Å². The molecule has 2 heterocycles. The number of hydrogen-bond acceptors (Lipinski definition) is 3. The fraction of sp³-hybridized carbons (Fsp3) is 0.467. The van der Waals surface area contributed by atoms with E-state index in [0.29, 0.717) is 18.5 Å². The number of piperidine rings is 1. The van der Waals surface area contributed by atoms with E-state index in [-0.39, 0.29) is 29.5 Å². The number of carbonyl (C=O) groups is 1. The maximum Gasteiger partial charge on any atom is 0.254 e. The molecule has 3 N–H and O–H groups in total. The summed E-state index contributed by atoms with van der Waals surface area (Å²) < 4.78 is 13.4. The molecule has 5 nitrogen and oxygen atoms in total.